The third kappa shape index (κ3) is 1.26. The van der Waals surface area contributed by atoms with Crippen LogP contribution >= 0.6 is 35.1 Å². The fourth-order valence-corrected chi connectivity index (χ4v) is 2.19. The van der Waals surface area contributed by atoms with Gasteiger partial charge in [-0.05, 0) is 0 Å². The number of hydrogen-bond donors (Lipinski definition) is 0. The van der Waals surface area contributed by atoms with E-state index in [-0.39, 0.29) is 5.37 Å². The van der Waals surface area contributed by atoms with Crippen LogP contribution in [0.5, 0.6) is 0 Å². The first-order valence-electron chi connectivity index (χ1n) is 2.86. The smallest absolute Gasteiger partial charge is 0.165 e. The first kappa shape index (κ1) is 7.46. The fraction of sp³-hybridized carbons (Fsp3) is 0.200. The van der Waals surface area contributed by atoms with Crippen LogP contribution in [0.4, 0.5) is 0 Å². The highest BCUT2D eigenvalue weighted by molar-refractivity contribution is 8.17. The van der Waals surface area contributed by atoms with Gasteiger partial charge in [-0.15, -0.1) is 0 Å². The molecule has 0 saturated carbocycles. The van der Waals surface area contributed by atoms with E-state index in [1.54, 1.807) is 6.20 Å². The molecule has 0 bridgehead atoms. The van der Waals surface area contributed by atoms with Crippen molar-refractivity contribution in [2.45, 2.75) is 5.37 Å². The van der Waals surface area contributed by atoms with E-state index in [4.69, 9.17) is 23.4 Å². The van der Waals surface area contributed by atoms with Crippen LogP contribution in [0.25, 0.3) is 0 Å². The lowest BCUT2D eigenvalue weighted by atomic mass is 10.4. The van der Waals surface area contributed by atoms with E-state index in [1.165, 1.54) is 22.5 Å². The van der Waals surface area contributed by atoms with E-state index >= 15 is 0 Å². The molecule has 0 aliphatic carbocycles. The molecular weight excluding hydrogens is 205 g/mol. The summed E-state index contributed by atoms with van der Waals surface area (Å²) in [6.07, 6.45) is 3.19. The molecule has 2 heterocycles. The summed E-state index contributed by atoms with van der Waals surface area (Å²) in [6, 6.07) is 0. The number of rotatable bonds is 0. The van der Waals surface area contributed by atoms with E-state index < -0.39 is 0 Å². The molecule has 6 heteroatoms. The number of thioether (sulfide) groups is 1. The molecule has 0 aromatic heterocycles. The quantitative estimate of drug-likeness (QED) is 0.569. The minimum atomic E-state index is 0.00154. The zero-order valence-electron chi connectivity index (χ0n) is 5.24. The van der Waals surface area contributed by atoms with Crippen molar-refractivity contribution in [1.82, 2.24) is 4.42 Å². The molecule has 2 aliphatic heterocycles. The Morgan fingerprint density at radius 3 is 3.18 bits per heavy atom. The zero-order valence-corrected chi connectivity index (χ0v) is 7.57. The van der Waals surface area contributed by atoms with Crippen LogP contribution in [0.15, 0.2) is 21.9 Å². The van der Waals surface area contributed by atoms with Crippen LogP contribution in [-0.2, 0) is 0 Å². The van der Waals surface area contributed by atoms with E-state index in [0.717, 1.165) is 5.70 Å². The van der Waals surface area contributed by atoms with Crippen molar-refractivity contribution in [3.8, 4) is 0 Å². The Morgan fingerprint density at radius 2 is 2.45 bits per heavy atom. The molecule has 0 aromatic rings. The number of halogens is 2. The van der Waals surface area contributed by atoms with Crippen molar-refractivity contribution < 1.29 is 0 Å². The predicted molar refractivity (Wildman–Crippen MR) is 48.9 cm³/mol. The van der Waals surface area contributed by atoms with Crippen molar-refractivity contribution in [2.75, 3.05) is 0 Å². The van der Waals surface area contributed by atoms with Gasteiger partial charge < -0.3 is 0 Å². The van der Waals surface area contributed by atoms with Gasteiger partial charge >= 0.3 is 0 Å². The Bertz CT molecular complexity index is 273. The highest BCUT2D eigenvalue weighted by atomic mass is 35.5. The molecular formula is C5H3Cl2N3S. The molecule has 0 amide bonds. The minimum absolute atomic E-state index is 0.00154. The van der Waals surface area contributed by atoms with Crippen molar-refractivity contribution in [3.05, 3.63) is 11.9 Å². The lowest BCUT2D eigenvalue weighted by Crippen LogP contribution is -2.24. The van der Waals surface area contributed by atoms with Crippen LogP contribution in [0, 0.1) is 0 Å². The number of aliphatic imine (C=N–C) groups is 2. The van der Waals surface area contributed by atoms with Crippen LogP contribution in [0.1, 0.15) is 0 Å². The number of nitrogens with zero attached hydrogens (tertiary/aromatic N) is 3. The number of hydrogen-bond acceptors (Lipinski definition) is 4. The molecule has 0 spiro atoms. The zero-order chi connectivity index (χ0) is 7.84. The molecule has 2 rings (SSSR count). The molecule has 0 radical (unpaired) electrons. The maximum Gasteiger partial charge on any atom is 0.165 e. The van der Waals surface area contributed by atoms with Gasteiger partial charge in [0.25, 0.3) is 0 Å². The average molecular weight is 208 g/mol. The Labute approximate surface area is 77.9 Å². The third-order valence-electron chi connectivity index (χ3n) is 1.29. The second-order valence-corrected chi connectivity index (χ2v) is 4.04. The van der Waals surface area contributed by atoms with Gasteiger partial charge in [-0.2, -0.15) is 0 Å². The van der Waals surface area contributed by atoms with Crippen molar-refractivity contribution in [3.63, 3.8) is 0 Å². The lowest BCUT2D eigenvalue weighted by Gasteiger charge is -2.19. The van der Waals surface area contributed by atoms with Crippen LogP contribution < -0.4 is 0 Å². The molecule has 11 heavy (non-hydrogen) atoms. The van der Waals surface area contributed by atoms with Gasteiger partial charge in [0.15, 0.2) is 4.50 Å². The summed E-state index contributed by atoms with van der Waals surface area (Å²) in [5.41, 5.74) is 0.803. The second kappa shape index (κ2) is 2.69. The standard InChI is InChI=1S/C5H3Cl2N3S/c6-5-9-3-1-8-2-10(7)4(3)11-5/h1-2,4H. The average Bonchev–Trinajstić information content (AvgIpc) is 2.31. The molecule has 3 nitrogen and oxygen atoms in total. The van der Waals surface area contributed by atoms with E-state index in [2.05, 4.69) is 9.98 Å². The van der Waals surface area contributed by atoms with Crippen LogP contribution in [-0.4, -0.2) is 20.6 Å². The predicted octanol–water partition coefficient (Wildman–Crippen LogP) is 1.99. The van der Waals surface area contributed by atoms with E-state index in [0.29, 0.717) is 4.50 Å². The molecule has 1 unspecified atom stereocenters. The first-order valence-corrected chi connectivity index (χ1v) is 4.45. The summed E-state index contributed by atoms with van der Waals surface area (Å²) in [5, 5.41) is 0.00154. The molecule has 0 saturated heterocycles. The normalized spacial score (nSPS) is 28.2. The number of fused-ring (bicyclic) bond motifs is 1. The lowest BCUT2D eigenvalue weighted by molar-refractivity contribution is 0.672. The summed E-state index contributed by atoms with van der Waals surface area (Å²) in [4.78, 5) is 7.89. The molecule has 58 valence electrons. The van der Waals surface area contributed by atoms with Gasteiger partial charge in [0.05, 0.1) is 11.9 Å². The molecule has 0 N–H and O–H groups in total. The summed E-state index contributed by atoms with van der Waals surface area (Å²) in [5.74, 6) is 0. The highest BCUT2D eigenvalue weighted by Crippen LogP contribution is 2.35. The summed E-state index contributed by atoms with van der Waals surface area (Å²) in [7, 11) is 0. The van der Waals surface area contributed by atoms with Gasteiger partial charge in [-0.1, -0.05) is 23.4 Å². The van der Waals surface area contributed by atoms with Crippen molar-refractivity contribution in [2.24, 2.45) is 9.98 Å². The second-order valence-electron chi connectivity index (χ2n) is 2.00. The summed E-state index contributed by atoms with van der Waals surface area (Å²) >= 11 is 12.9. The van der Waals surface area contributed by atoms with E-state index in [9.17, 15) is 0 Å². The van der Waals surface area contributed by atoms with Crippen LogP contribution in [0.3, 0.4) is 0 Å². The Kier molecular flexibility index (Phi) is 1.83. The Hall–Kier alpha value is -0.190. The Balaban J connectivity index is 2.31. The van der Waals surface area contributed by atoms with E-state index in [1.807, 2.05) is 0 Å². The third-order valence-corrected chi connectivity index (χ3v) is 3.01. The SMILES string of the molecule is ClC1=NC2=CN=CN(Cl)C2S1. The fourth-order valence-electron chi connectivity index (χ4n) is 0.839. The first-order chi connectivity index (χ1) is 5.27. The highest BCUT2D eigenvalue weighted by Gasteiger charge is 2.29. The molecule has 1 atom stereocenters. The van der Waals surface area contributed by atoms with Crippen LogP contribution in [0.2, 0.25) is 0 Å². The maximum atomic E-state index is 5.77. The summed E-state index contributed by atoms with van der Waals surface area (Å²) in [6.45, 7) is 0. The Morgan fingerprint density at radius 1 is 1.64 bits per heavy atom. The summed E-state index contributed by atoms with van der Waals surface area (Å²) < 4.78 is 1.97. The molecule has 0 aromatic carbocycles. The molecule has 0 fully saturated rings. The van der Waals surface area contributed by atoms with Gasteiger partial charge in [-0.25, -0.2) is 9.98 Å². The monoisotopic (exact) mass is 207 g/mol. The topological polar surface area (TPSA) is 28.0 Å². The maximum absolute atomic E-state index is 5.77. The van der Waals surface area contributed by atoms with Gasteiger partial charge in [0.2, 0.25) is 0 Å². The van der Waals surface area contributed by atoms with Gasteiger partial charge in [0, 0.05) is 11.8 Å². The molecule has 2 aliphatic rings. The van der Waals surface area contributed by atoms with Crippen molar-refractivity contribution in [1.29, 1.82) is 0 Å². The van der Waals surface area contributed by atoms with Gasteiger partial charge in [-0.3, -0.25) is 4.42 Å². The van der Waals surface area contributed by atoms with Crippen molar-refractivity contribution >= 4 is 46.0 Å². The minimum Gasteiger partial charge on any atom is -0.255 e. The van der Waals surface area contributed by atoms with Gasteiger partial charge in [0.1, 0.15) is 11.7 Å². The largest absolute Gasteiger partial charge is 0.255 e.